The largest absolute Gasteiger partial charge is 0.355 e. The molecule has 1 N–H and O–H groups in total. The summed E-state index contributed by atoms with van der Waals surface area (Å²) in [5.41, 5.74) is 1.29. The van der Waals surface area contributed by atoms with Gasteiger partial charge in [0, 0.05) is 52.2 Å². The van der Waals surface area contributed by atoms with Crippen molar-refractivity contribution in [3.8, 4) is 0 Å². The zero-order valence-corrected chi connectivity index (χ0v) is 16.6. The summed E-state index contributed by atoms with van der Waals surface area (Å²) in [4.78, 5) is 9.11. The van der Waals surface area contributed by atoms with Crippen LogP contribution in [0.5, 0.6) is 0 Å². The van der Waals surface area contributed by atoms with E-state index in [9.17, 15) is 0 Å². The van der Waals surface area contributed by atoms with E-state index in [0.29, 0.717) is 0 Å². The molecule has 0 spiro atoms. The average molecular weight is 419 g/mol. The van der Waals surface area contributed by atoms with E-state index in [-0.39, 0.29) is 24.0 Å². The summed E-state index contributed by atoms with van der Waals surface area (Å²) in [5, 5.41) is 3.47. The minimum absolute atomic E-state index is 0. The lowest BCUT2D eigenvalue weighted by atomic mass is 10.4. The first kappa shape index (κ1) is 19.3. The minimum atomic E-state index is 0. The normalized spacial score (nSPS) is 14.9. The predicted octanol–water partition coefficient (Wildman–Crippen LogP) is 2.13. The van der Waals surface area contributed by atoms with Gasteiger partial charge in [0.1, 0.15) is 0 Å². The van der Waals surface area contributed by atoms with E-state index in [1.165, 1.54) is 18.5 Å². The number of guanidine groups is 1. The summed E-state index contributed by atoms with van der Waals surface area (Å²) in [6.07, 6.45) is 4.82. The standard InChI is InChI=1S/C16H29N5.HI/c1-5-21(14-8-9-14)12-10-18-16(17-2)20(4)13-15-7-6-11-19(15)3;/h6-7,11,14H,5,8-10,12-13H2,1-4H3,(H,17,18);1H. The summed E-state index contributed by atoms with van der Waals surface area (Å²) >= 11 is 0. The highest BCUT2D eigenvalue weighted by Gasteiger charge is 2.27. The molecule has 126 valence electrons. The van der Waals surface area contributed by atoms with Crippen molar-refractivity contribution < 1.29 is 0 Å². The first-order valence-corrected chi connectivity index (χ1v) is 7.91. The van der Waals surface area contributed by atoms with E-state index in [1.807, 2.05) is 7.05 Å². The maximum Gasteiger partial charge on any atom is 0.193 e. The molecule has 1 aliphatic carbocycles. The molecule has 6 heteroatoms. The van der Waals surface area contributed by atoms with E-state index in [2.05, 4.69) is 64.0 Å². The summed E-state index contributed by atoms with van der Waals surface area (Å²) in [7, 11) is 6.01. The maximum atomic E-state index is 4.39. The molecule has 1 heterocycles. The Morgan fingerprint density at radius 3 is 2.68 bits per heavy atom. The molecule has 2 rings (SSSR count). The second-order valence-corrected chi connectivity index (χ2v) is 5.80. The Bertz CT molecular complexity index is 467. The first-order valence-electron chi connectivity index (χ1n) is 7.91. The van der Waals surface area contributed by atoms with Gasteiger partial charge in [0.2, 0.25) is 0 Å². The Labute approximate surface area is 151 Å². The minimum Gasteiger partial charge on any atom is -0.355 e. The van der Waals surface area contributed by atoms with Gasteiger partial charge in [-0.2, -0.15) is 0 Å². The molecule has 1 saturated carbocycles. The fourth-order valence-corrected chi connectivity index (χ4v) is 2.71. The van der Waals surface area contributed by atoms with Crippen molar-refractivity contribution in [2.75, 3.05) is 33.7 Å². The third-order valence-electron chi connectivity index (χ3n) is 4.18. The lowest BCUT2D eigenvalue weighted by Crippen LogP contribution is -2.42. The number of aliphatic imine (C=N–C) groups is 1. The summed E-state index contributed by atoms with van der Waals surface area (Å²) in [6.45, 7) is 6.30. The fourth-order valence-electron chi connectivity index (χ4n) is 2.71. The fraction of sp³-hybridized carbons (Fsp3) is 0.688. The molecule has 0 radical (unpaired) electrons. The molecule has 5 nitrogen and oxygen atoms in total. The average Bonchev–Trinajstić information content (AvgIpc) is 3.24. The lowest BCUT2D eigenvalue weighted by Gasteiger charge is -2.24. The molecule has 1 fully saturated rings. The van der Waals surface area contributed by atoms with Crippen LogP contribution in [0, 0.1) is 0 Å². The van der Waals surface area contributed by atoms with Gasteiger partial charge in [-0.1, -0.05) is 6.92 Å². The van der Waals surface area contributed by atoms with Crippen LogP contribution in [-0.2, 0) is 13.6 Å². The molecule has 1 aromatic heterocycles. The Hall–Kier alpha value is -0.760. The second-order valence-electron chi connectivity index (χ2n) is 5.80. The van der Waals surface area contributed by atoms with Crippen LogP contribution < -0.4 is 5.32 Å². The smallest absolute Gasteiger partial charge is 0.193 e. The monoisotopic (exact) mass is 419 g/mol. The Balaban J connectivity index is 0.00000242. The second kappa shape index (κ2) is 9.39. The third-order valence-corrected chi connectivity index (χ3v) is 4.18. The molecular formula is C16H30IN5. The Morgan fingerprint density at radius 2 is 2.18 bits per heavy atom. The van der Waals surface area contributed by atoms with Gasteiger partial charge < -0.3 is 14.8 Å². The number of nitrogens with zero attached hydrogens (tertiary/aromatic N) is 4. The Morgan fingerprint density at radius 1 is 1.45 bits per heavy atom. The Kier molecular flexibility index (Phi) is 8.24. The van der Waals surface area contributed by atoms with E-state index in [4.69, 9.17) is 0 Å². The maximum absolute atomic E-state index is 4.39. The molecule has 22 heavy (non-hydrogen) atoms. The van der Waals surface area contributed by atoms with E-state index in [1.54, 1.807) is 0 Å². The van der Waals surface area contributed by atoms with Crippen LogP contribution in [0.15, 0.2) is 23.3 Å². The molecule has 0 aliphatic heterocycles. The van der Waals surface area contributed by atoms with Gasteiger partial charge in [0.15, 0.2) is 5.96 Å². The molecule has 0 aromatic carbocycles. The van der Waals surface area contributed by atoms with Crippen LogP contribution in [0.4, 0.5) is 0 Å². The number of nitrogens with one attached hydrogen (secondary N) is 1. The summed E-state index contributed by atoms with van der Waals surface area (Å²) < 4.78 is 2.15. The number of aromatic nitrogens is 1. The number of halogens is 1. The van der Waals surface area contributed by atoms with Gasteiger partial charge in [0.25, 0.3) is 0 Å². The summed E-state index contributed by atoms with van der Waals surface area (Å²) in [6, 6.07) is 5.06. The van der Waals surface area contributed by atoms with E-state index >= 15 is 0 Å². The molecule has 0 atom stereocenters. The highest BCUT2D eigenvalue weighted by Crippen LogP contribution is 2.25. The van der Waals surface area contributed by atoms with E-state index in [0.717, 1.165) is 38.2 Å². The van der Waals surface area contributed by atoms with Crippen molar-refractivity contribution in [3.63, 3.8) is 0 Å². The molecule has 1 aromatic rings. The van der Waals surface area contributed by atoms with Gasteiger partial charge in [-0.25, -0.2) is 0 Å². The summed E-state index contributed by atoms with van der Waals surface area (Å²) in [5.74, 6) is 0.961. The molecular weight excluding hydrogens is 389 g/mol. The van der Waals surface area contributed by atoms with Crippen molar-refractivity contribution >= 4 is 29.9 Å². The number of hydrogen-bond acceptors (Lipinski definition) is 2. The van der Waals surface area contributed by atoms with Crippen molar-refractivity contribution in [2.45, 2.75) is 32.4 Å². The van der Waals surface area contributed by atoms with Crippen molar-refractivity contribution in [2.24, 2.45) is 12.0 Å². The zero-order valence-electron chi connectivity index (χ0n) is 14.2. The topological polar surface area (TPSA) is 35.8 Å². The van der Waals surface area contributed by atoms with Gasteiger partial charge >= 0.3 is 0 Å². The van der Waals surface area contributed by atoms with Crippen molar-refractivity contribution in [1.29, 1.82) is 0 Å². The van der Waals surface area contributed by atoms with Crippen molar-refractivity contribution in [3.05, 3.63) is 24.0 Å². The molecule has 0 amide bonds. The van der Waals surface area contributed by atoms with Gasteiger partial charge in [0.05, 0.1) is 6.54 Å². The van der Waals surface area contributed by atoms with Crippen LogP contribution in [0.3, 0.4) is 0 Å². The molecule has 1 aliphatic rings. The zero-order chi connectivity index (χ0) is 15.2. The van der Waals surface area contributed by atoms with Crippen molar-refractivity contribution in [1.82, 2.24) is 19.7 Å². The predicted molar refractivity (Wildman–Crippen MR) is 104 cm³/mol. The van der Waals surface area contributed by atoms with Gasteiger partial charge in [-0.05, 0) is 31.5 Å². The SMILES string of the molecule is CCN(CCNC(=NC)N(C)Cc1cccn1C)C1CC1.I. The number of aryl methyl sites for hydroxylation is 1. The molecule has 0 saturated heterocycles. The van der Waals surface area contributed by atoms with Crippen LogP contribution >= 0.6 is 24.0 Å². The third kappa shape index (κ3) is 5.46. The highest BCUT2D eigenvalue weighted by molar-refractivity contribution is 14.0. The van der Waals surface area contributed by atoms with Gasteiger partial charge in [-0.15, -0.1) is 24.0 Å². The van der Waals surface area contributed by atoms with Crippen LogP contribution in [0.1, 0.15) is 25.5 Å². The van der Waals surface area contributed by atoms with Gasteiger partial charge in [-0.3, -0.25) is 9.89 Å². The number of rotatable bonds is 7. The molecule has 0 bridgehead atoms. The lowest BCUT2D eigenvalue weighted by molar-refractivity contribution is 0.280. The van der Waals surface area contributed by atoms with E-state index < -0.39 is 0 Å². The highest BCUT2D eigenvalue weighted by atomic mass is 127. The quantitative estimate of drug-likeness (QED) is 0.418. The number of likely N-dealkylation sites (N-methyl/N-ethyl adjacent to an activating group) is 1. The number of hydrogen-bond donors (Lipinski definition) is 1. The van der Waals surface area contributed by atoms with Crippen LogP contribution in [0.2, 0.25) is 0 Å². The first-order chi connectivity index (χ1) is 10.2. The van der Waals surface area contributed by atoms with Crippen LogP contribution in [0.25, 0.3) is 0 Å². The van der Waals surface area contributed by atoms with Crippen LogP contribution in [-0.4, -0.2) is 60.1 Å². The molecule has 0 unspecified atom stereocenters.